The van der Waals surface area contributed by atoms with Gasteiger partial charge in [0, 0.05) is 11.3 Å². The maximum absolute atomic E-state index is 13.2. The highest BCUT2D eigenvalue weighted by Crippen LogP contribution is 2.18. The number of nitrogens with one attached hydrogen (secondary N) is 1. The monoisotopic (exact) mass is 323 g/mol. The molecule has 1 heterocycles. The molecular formula is C13H11BrFN3O. The van der Waals surface area contributed by atoms with E-state index in [1.807, 2.05) is 6.92 Å². The number of nitrogen functional groups attached to an aromatic ring is 1. The highest BCUT2D eigenvalue weighted by Gasteiger charge is 2.09. The highest BCUT2D eigenvalue weighted by molar-refractivity contribution is 9.10. The number of hydrogen-bond acceptors (Lipinski definition) is 3. The van der Waals surface area contributed by atoms with Crippen LogP contribution in [0.1, 0.15) is 15.9 Å². The van der Waals surface area contributed by atoms with E-state index in [1.165, 1.54) is 12.3 Å². The second-order valence-corrected chi connectivity index (χ2v) is 4.81. The van der Waals surface area contributed by atoms with Gasteiger partial charge in [0.15, 0.2) is 0 Å². The summed E-state index contributed by atoms with van der Waals surface area (Å²) >= 11 is 3.27. The molecule has 1 aromatic carbocycles. The Balaban J connectivity index is 2.22. The number of aryl methyl sites for hydroxylation is 1. The first-order valence-electron chi connectivity index (χ1n) is 5.45. The molecule has 1 aromatic heterocycles. The number of nitrogens with zero attached hydrogens (tertiary/aromatic N) is 1. The summed E-state index contributed by atoms with van der Waals surface area (Å²) in [5.41, 5.74) is 7.29. The molecule has 0 aliphatic carbocycles. The first-order chi connectivity index (χ1) is 8.95. The van der Waals surface area contributed by atoms with Gasteiger partial charge in [-0.25, -0.2) is 9.37 Å². The molecule has 0 aliphatic heterocycles. The molecule has 0 bridgehead atoms. The van der Waals surface area contributed by atoms with E-state index in [9.17, 15) is 9.18 Å². The Bertz CT molecular complexity index is 626. The SMILES string of the molecule is Cc1cc(NC(=O)c2cc(N)cc(F)c2)cnc1Br. The first kappa shape index (κ1) is 13.5. The molecular weight excluding hydrogens is 313 g/mol. The van der Waals surface area contributed by atoms with Gasteiger partial charge >= 0.3 is 0 Å². The van der Waals surface area contributed by atoms with Crippen LogP contribution in [-0.2, 0) is 0 Å². The van der Waals surface area contributed by atoms with Crippen molar-refractivity contribution < 1.29 is 9.18 Å². The van der Waals surface area contributed by atoms with Crippen LogP contribution >= 0.6 is 15.9 Å². The fourth-order valence-corrected chi connectivity index (χ4v) is 1.79. The van der Waals surface area contributed by atoms with Crippen LogP contribution in [-0.4, -0.2) is 10.9 Å². The predicted octanol–water partition coefficient (Wildman–Crippen LogP) is 3.13. The molecule has 1 amide bonds. The van der Waals surface area contributed by atoms with Crippen molar-refractivity contribution in [3.8, 4) is 0 Å². The van der Waals surface area contributed by atoms with E-state index in [4.69, 9.17) is 5.73 Å². The summed E-state index contributed by atoms with van der Waals surface area (Å²) in [4.78, 5) is 16.0. The van der Waals surface area contributed by atoms with E-state index in [0.29, 0.717) is 10.3 Å². The third-order valence-corrected chi connectivity index (χ3v) is 3.28. The van der Waals surface area contributed by atoms with E-state index in [-0.39, 0.29) is 11.3 Å². The molecule has 0 aliphatic rings. The maximum atomic E-state index is 13.2. The van der Waals surface area contributed by atoms with Gasteiger partial charge in [-0.1, -0.05) is 0 Å². The van der Waals surface area contributed by atoms with Crippen molar-refractivity contribution in [3.63, 3.8) is 0 Å². The number of nitrogens with two attached hydrogens (primary N) is 1. The van der Waals surface area contributed by atoms with Crippen molar-refractivity contribution in [1.29, 1.82) is 0 Å². The van der Waals surface area contributed by atoms with Crippen LogP contribution in [0.15, 0.2) is 35.1 Å². The fraction of sp³-hybridized carbons (Fsp3) is 0.0769. The smallest absolute Gasteiger partial charge is 0.255 e. The number of amides is 1. The molecule has 19 heavy (non-hydrogen) atoms. The van der Waals surface area contributed by atoms with Gasteiger partial charge in [-0.15, -0.1) is 0 Å². The standard InChI is InChI=1S/C13H11BrFN3O/c1-7-2-11(6-17-12(7)14)18-13(19)8-3-9(15)5-10(16)4-8/h2-6H,16H2,1H3,(H,18,19). The number of halogens is 2. The molecule has 2 aromatic rings. The van der Waals surface area contributed by atoms with Gasteiger partial charge in [0.05, 0.1) is 11.9 Å². The summed E-state index contributed by atoms with van der Waals surface area (Å²) < 4.78 is 13.9. The summed E-state index contributed by atoms with van der Waals surface area (Å²) in [6.07, 6.45) is 1.51. The lowest BCUT2D eigenvalue weighted by molar-refractivity contribution is 0.102. The molecule has 0 saturated heterocycles. The van der Waals surface area contributed by atoms with Gasteiger partial charge in [0.25, 0.3) is 5.91 Å². The van der Waals surface area contributed by atoms with E-state index >= 15 is 0 Å². The van der Waals surface area contributed by atoms with Gasteiger partial charge in [-0.05, 0) is 52.7 Å². The Labute approximate surface area is 118 Å². The van der Waals surface area contributed by atoms with Gasteiger partial charge in [-0.3, -0.25) is 4.79 Å². The van der Waals surface area contributed by atoms with E-state index < -0.39 is 11.7 Å². The van der Waals surface area contributed by atoms with Crippen LogP contribution in [0, 0.1) is 12.7 Å². The Morgan fingerprint density at radius 1 is 1.37 bits per heavy atom. The zero-order valence-electron chi connectivity index (χ0n) is 10.1. The number of aromatic nitrogens is 1. The zero-order chi connectivity index (χ0) is 14.0. The molecule has 98 valence electrons. The van der Waals surface area contributed by atoms with Gasteiger partial charge < -0.3 is 11.1 Å². The highest BCUT2D eigenvalue weighted by atomic mass is 79.9. The molecule has 0 saturated carbocycles. The molecule has 2 rings (SSSR count). The van der Waals surface area contributed by atoms with E-state index in [1.54, 1.807) is 6.07 Å². The topological polar surface area (TPSA) is 68.0 Å². The number of hydrogen-bond donors (Lipinski definition) is 2. The summed E-state index contributed by atoms with van der Waals surface area (Å²) in [6, 6.07) is 5.46. The minimum atomic E-state index is -0.546. The predicted molar refractivity (Wildman–Crippen MR) is 75.4 cm³/mol. The minimum absolute atomic E-state index is 0.165. The summed E-state index contributed by atoms with van der Waals surface area (Å²) in [5, 5.41) is 2.64. The third kappa shape index (κ3) is 3.29. The van der Waals surface area contributed by atoms with Gasteiger partial charge in [0.2, 0.25) is 0 Å². The van der Waals surface area contributed by atoms with Crippen molar-refractivity contribution in [2.75, 3.05) is 11.1 Å². The normalized spacial score (nSPS) is 10.3. The van der Waals surface area contributed by atoms with E-state index in [2.05, 4.69) is 26.2 Å². The number of carbonyl (C=O) groups is 1. The molecule has 0 unspecified atom stereocenters. The molecule has 6 heteroatoms. The van der Waals surface area contributed by atoms with Gasteiger partial charge in [-0.2, -0.15) is 0 Å². The largest absolute Gasteiger partial charge is 0.399 e. The molecule has 4 nitrogen and oxygen atoms in total. The first-order valence-corrected chi connectivity index (χ1v) is 6.24. The van der Waals surface area contributed by atoms with Crippen molar-refractivity contribution in [2.45, 2.75) is 6.92 Å². The number of carbonyl (C=O) groups excluding carboxylic acids is 1. The molecule has 0 fully saturated rings. The van der Waals surface area contributed by atoms with Crippen molar-refractivity contribution in [2.24, 2.45) is 0 Å². The average molecular weight is 324 g/mol. The Kier molecular flexibility index (Phi) is 3.80. The van der Waals surface area contributed by atoms with Crippen LogP contribution in [0.4, 0.5) is 15.8 Å². The lowest BCUT2D eigenvalue weighted by Gasteiger charge is -2.07. The second kappa shape index (κ2) is 5.36. The van der Waals surface area contributed by atoms with Crippen LogP contribution < -0.4 is 11.1 Å². The van der Waals surface area contributed by atoms with Crippen LogP contribution in [0.3, 0.4) is 0 Å². The van der Waals surface area contributed by atoms with Crippen molar-refractivity contribution in [1.82, 2.24) is 4.98 Å². The number of rotatable bonds is 2. The summed E-state index contributed by atoms with van der Waals surface area (Å²) in [6.45, 7) is 1.85. The minimum Gasteiger partial charge on any atom is -0.399 e. The Morgan fingerprint density at radius 3 is 2.74 bits per heavy atom. The maximum Gasteiger partial charge on any atom is 0.255 e. The lowest BCUT2D eigenvalue weighted by atomic mass is 10.2. The van der Waals surface area contributed by atoms with Crippen LogP contribution in [0.5, 0.6) is 0 Å². The number of pyridine rings is 1. The third-order valence-electron chi connectivity index (χ3n) is 2.45. The molecule has 3 N–H and O–H groups in total. The van der Waals surface area contributed by atoms with Crippen LogP contribution in [0.2, 0.25) is 0 Å². The molecule has 0 spiro atoms. The van der Waals surface area contributed by atoms with E-state index in [0.717, 1.165) is 17.7 Å². The fourth-order valence-electron chi connectivity index (χ4n) is 1.57. The van der Waals surface area contributed by atoms with Crippen molar-refractivity contribution in [3.05, 3.63) is 52.0 Å². The number of benzene rings is 1. The average Bonchev–Trinajstić information content (AvgIpc) is 2.32. The van der Waals surface area contributed by atoms with Gasteiger partial charge in [0.1, 0.15) is 10.4 Å². The zero-order valence-corrected chi connectivity index (χ0v) is 11.7. The Hall–Kier alpha value is -1.95. The quantitative estimate of drug-likeness (QED) is 0.659. The summed E-state index contributed by atoms with van der Waals surface area (Å²) in [7, 11) is 0. The molecule has 0 radical (unpaired) electrons. The summed E-state index contributed by atoms with van der Waals surface area (Å²) in [5.74, 6) is -0.981. The number of anilines is 2. The second-order valence-electron chi connectivity index (χ2n) is 4.06. The lowest BCUT2D eigenvalue weighted by Crippen LogP contribution is -2.13. The molecule has 0 atom stereocenters. The van der Waals surface area contributed by atoms with Crippen molar-refractivity contribution >= 4 is 33.2 Å². The Morgan fingerprint density at radius 2 is 2.11 bits per heavy atom. The van der Waals surface area contributed by atoms with Crippen LogP contribution in [0.25, 0.3) is 0 Å².